The molecule has 2 nitrogen and oxygen atoms in total. The molecule has 0 aromatic heterocycles. The highest BCUT2D eigenvalue weighted by atomic mass is 19.4. The molecular formula is C4H5F3O2. The van der Waals surface area contributed by atoms with E-state index in [-0.39, 0.29) is 6.79 Å². The third-order valence-corrected chi connectivity index (χ3v) is 1.18. The monoisotopic (exact) mass is 142 g/mol. The Bertz CT molecular complexity index is 115. The standard InChI is InChI=1S/C4H5F3O2/c1-3(4(5,6)7)8-2-9-3/h2H2,1H3. The number of halogens is 3. The molecule has 0 atom stereocenters. The Morgan fingerprint density at radius 2 is 1.78 bits per heavy atom. The van der Waals surface area contributed by atoms with Crippen molar-refractivity contribution in [3.05, 3.63) is 0 Å². The molecule has 0 amide bonds. The predicted molar refractivity (Wildman–Crippen MR) is 21.5 cm³/mol. The Morgan fingerprint density at radius 1 is 1.33 bits per heavy atom. The van der Waals surface area contributed by atoms with Crippen molar-refractivity contribution in [3.63, 3.8) is 0 Å². The van der Waals surface area contributed by atoms with Gasteiger partial charge in [0.25, 0.3) is 5.79 Å². The minimum atomic E-state index is -4.41. The fourth-order valence-electron chi connectivity index (χ4n) is 0.399. The van der Waals surface area contributed by atoms with E-state index in [1.807, 2.05) is 0 Å². The molecule has 1 saturated heterocycles. The summed E-state index contributed by atoms with van der Waals surface area (Å²) in [5.74, 6) is -2.34. The fraction of sp³-hybridized carbons (Fsp3) is 1.00. The largest absolute Gasteiger partial charge is 0.443 e. The molecule has 1 aliphatic rings. The van der Waals surface area contributed by atoms with E-state index < -0.39 is 12.0 Å². The predicted octanol–water partition coefficient (Wildman–Crippen LogP) is 1.27. The van der Waals surface area contributed by atoms with Crippen LogP contribution in [0.1, 0.15) is 6.92 Å². The molecule has 0 unspecified atom stereocenters. The Kier molecular flexibility index (Phi) is 1.22. The molecule has 54 valence electrons. The minimum Gasteiger partial charge on any atom is -0.316 e. The molecule has 0 N–H and O–H groups in total. The first-order chi connectivity index (χ1) is 3.96. The summed E-state index contributed by atoms with van der Waals surface area (Å²) in [5, 5.41) is 0. The second-order valence-corrected chi connectivity index (χ2v) is 1.85. The van der Waals surface area contributed by atoms with Gasteiger partial charge in [-0.2, -0.15) is 13.2 Å². The van der Waals surface area contributed by atoms with E-state index in [1.54, 1.807) is 0 Å². The third-order valence-electron chi connectivity index (χ3n) is 1.18. The lowest BCUT2D eigenvalue weighted by atomic mass is 10.3. The number of rotatable bonds is 0. The summed E-state index contributed by atoms with van der Waals surface area (Å²) >= 11 is 0. The highest BCUT2D eigenvalue weighted by molar-refractivity contribution is 4.76. The number of ether oxygens (including phenoxy) is 2. The lowest BCUT2D eigenvalue weighted by Gasteiger charge is -2.38. The smallest absolute Gasteiger partial charge is 0.316 e. The van der Waals surface area contributed by atoms with Gasteiger partial charge in [-0.15, -0.1) is 0 Å². The van der Waals surface area contributed by atoms with E-state index in [0.717, 1.165) is 6.92 Å². The van der Waals surface area contributed by atoms with E-state index in [9.17, 15) is 13.2 Å². The molecule has 0 saturated carbocycles. The van der Waals surface area contributed by atoms with E-state index >= 15 is 0 Å². The van der Waals surface area contributed by atoms with E-state index in [0.29, 0.717) is 0 Å². The van der Waals surface area contributed by atoms with Crippen LogP contribution >= 0.6 is 0 Å². The minimum absolute atomic E-state index is 0.268. The molecule has 0 bridgehead atoms. The zero-order valence-electron chi connectivity index (χ0n) is 4.66. The molecule has 9 heavy (non-hydrogen) atoms. The van der Waals surface area contributed by atoms with Crippen molar-refractivity contribution in [1.82, 2.24) is 0 Å². The normalized spacial score (nSPS) is 25.3. The van der Waals surface area contributed by atoms with Gasteiger partial charge in [-0.25, -0.2) is 0 Å². The first-order valence-corrected chi connectivity index (χ1v) is 2.30. The Labute approximate surface area is 49.6 Å². The van der Waals surface area contributed by atoms with Gasteiger partial charge in [-0.1, -0.05) is 0 Å². The fourth-order valence-corrected chi connectivity index (χ4v) is 0.399. The molecule has 1 heterocycles. The maximum absolute atomic E-state index is 11.6. The van der Waals surface area contributed by atoms with Gasteiger partial charge >= 0.3 is 6.18 Å². The van der Waals surface area contributed by atoms with Crippen molar-refractivity contribution in [2.75, 3.05) is 6.79 Å². The molecule has 0 radical (unpaired) electrons. The molecule has 5 heteroatoms. The van der Waals surface area contributed by atoms with Gasteiger partial charge in [-0.3, -0.25) is 0 Å². The zero-order valence-corrected chi connectivity index (χ0v) is 4.66. The van der Waals surface area contributed by atoms with Gasteiger partial charge in [0.2, 0.25) is 0 Å². The average Bonchev–Trinajstić information content (AvgIpc) is 1.57. The van der Waals surface area contributed by atoms with Crippen LogP contribution in [0.25, 0.3) is 0 Å². The number of alkyl halides is 3. The van der Waals surface area contributed by atoms with Crippen molar-refractivity contribution in [1.29, 1.82) is 0 Å². The molecule has 0 spiro atoms. The van der Waals surface area contributed by atoms with Crippen LogP contribution in [0.3, 0.4) is 0 Å². The SMILES string of the molecule is CC1(C(F)(F)F)OCO1. The van der Waals surface area contributed by atoms with Crippen LogP contribution in [-0.2, 0) is 9.47 Å². The van der Waals surface area contributed by atoms with Gasteiger partial charge in [0.15, 0.2) is 6.79 Å². The molecule has 1 rings (SSSR count). The first-order valence-electron chi connectivity index (χ1n) is 2.30. The molecular weight excluding hydrogens is 137 g/mol. The Hall–Kier alpha value is -0.290. The maximum Gasteiger partial charge on any atom is 0.443 e. The van der Waals surface area contributed by atoms with Crippen molar-refractivity contribution in [2.24, 2.45) is 0 Å². The van der Waals surface area contributed by atoms with Crippen LogP contribution in [0.4, 0.5) is 13.2 Å². The highest BCUT2D eigenvalue weighted by Gasteiger charge is 2.58. The highest BCUT2D eigenvalue weighted by Crippen LogP contribution is 2.39. The van der Waals surface area contributed by atoms with E-state index in [2.05, 4.69) is 9.47 Å². The summed E-state index contributed by atoms with van der Waals surface area (Å²) in [6.45, 7) is 0.576. The summed E-state index contributed by atoms with van der Waals surface area (Å²) in [6, 6.07) is 0. The van der Waals surface area contributed by atoms with Gasteiger partial charge < -0.3 is 9.47 Å². The molecule has 0 aromatic carbocycles. The first kappa shape index (κ1) is 6.82. The summed E-state index contributed by atoms with van der Waals surface area (Å²) < 4.78 is 43.2. The Morgan fingerprint density at radius 3 is 1.78 bits per heavy atom. The third kappa shape index (κ3) is 0.900. The summed E-state index contributed by atoms with van der Waals surface area (Å²) in [5.41, 5.74) is 0. The summed E-state index contributed by atoms with van der Waals surface area (Å²) in [4.78, 5) is 0. The number of hydrogen-bond acceptors (Lipinski definition) is 2. The van der Waals surface area contributed by atoms with E-state index in [4.69, 9.17) is 0 Å². The zero-order chi connectivity index (χ0) is 7.12. The van der Waals surface area contributed by atoms with Crippen LogP contribution in [0.15, 0.2) is 0 Å². The van der Waals surface area contributed by atoms with Gasteiger partial charge in [-0.05, 0) is 6.92 Å². The Balaban J connectivity index is 2.59. The van der Waals surface area contributed by atoms with Gasteiger partial charge in [0.05, 0.1) is 0 Å². The molecule has 0 aromatic rings. The van der Waals surface area contributed by atoms with Crippen LogP contribution in [-0.4, -0.2) is 18.8 Å². The van der Waals surface area contributed by atoms with Crippen LogP contribution < -0.4 is 0 Å². The molecule has 0 aliphatic carbocycles. The van der Waals surface area contributed by atoms with Crippen LogP contribution in [0, 0.1) is 0 Å². The number of hydrogen-bond donors (Lipinski definition) is 0. The average molecular weight is 142 g/mol. The van der Waals surface area contributed by atoms with Gasteiger partial charge in [0, 0.05) is 0 Å². The molecule has 1 fully saturated rings. The second kappa shape index (κ2) is 1.60. The van der Waals surface area contributed by atoms with Crippen molar-refractivity contribution < 1.29 is 22.6 Å². The lowest BCUT2D eigenvalue weighted by Crippen LogP contribution is -2.55. The summed E-state index contributed by atoms with van der Waals surface area (Å²) in [6.07, 6.45) is -4.41. The van der Waals surface area contributed by atoms with Gasteiger partial charge in [0.1, 0.15) is 0 Å². The topological polar surface area (TPSA) is 18.5 Å². The molecule has 1 aliphatic heterocycles. The second-order valence-electron chi connectivity index (χ2n) is 1.85. The quantitative estimate of drug-likeness (QED) is 0.507. The maximum atomic E-state index is 11.6. The van der Waals surface area contributed by atoms with Crippen molar-refractivity contribution in [2.45, 2.75) is 18.9 Å². The lowest BCUT2D eigenvalue weighted by molar-refractivity contribution is -0.478. The van der Waals surface area contributed by atoms with Crippen molar-refractivity contribution >= 4 is 0 Å². The van der Waals surface area contributed by atoms with Crippen molar-refractivity contribution in [3.8, 4) is 0 Å². The van der Waals surface area contributed by atoms with E-state index in [1.165, 1.54) is 0 Å². The summed E-state index contributed by atoms with van der Waals surface area (Å²) in [7, 11) is 0. The van der Waals surface area contributed by atoms with Crippen LogP contribution in [0.2, 0.25) is 0 Å². The van der Waals surface area contributed by atoms with Crippen LogP contribution in [0.5, 0.6) is 0 Å².